The van der Waals surface area contributed by atoms with Crippen molar-refractivity contribution in [2.45, 2.75) is 68.6 Å². The van der Waals surface area contributed by atoms with Gasteiger partial charge in [-0.2, -0.15) is 0 Å². The first-order valence-corrected chi connectivity index (χ1v) is 12.5. The van der Waals surface area contributed by atoms with Gasteiger partial charge in [0.15, 0.2) is 0 Å². The molecule has 10 rings (SSSR count). The number of aliphatic hydroxyl groups is 3. The van der Waals surface area contributed by atoms with Crippen LogP contribution < -0.4 is 0 Å². The van der Waals surface area contributed by atoms with E-state index in [4.69, 9.17) is 4.74 Å². The molecule has 9 bridgehead atoms. The van der Waals surface area contributed by atoms with Gasteiger partial charge in [-0.1, -0.05) is 31.7 Å². The fraction of sp³-hybridized carbons (Fsp3) is 0.667. The van der Waals surface area contributed by atoms with Gasteiger partial charge in [-0.25, -0.2) is 4.79 Å². The van der Waals surface area contributed by atoms with Crippen LogP contribution in [0.4, 0.5) is 0 Å². The highest BCUT2D eigenvalue weighted by atomic mass is 16.6. The van der Waals surface area contributed by atoms with Crippen LogP contribution in [0.25, 0.3) is 0 Å². The second-order valence-corrected chi connectivity index (χ2v) is 12.5. The van der Waals surface area contributed by atoms with Gasteiger partial charge in [0, 0.05) is 24.0 Å². The number of fused-ring (bicyclic) bond motifs is 1. The molecule has 6 heteroatoms. The van der Waals surface area contributed by atoms with Gasteiger partial charge in [0.2, 0.25) is 0 Å². The van der Waals surface area contributed by atoms with Crippen LogP contribution in [0.5, 0.6) is 0 Å². The first-order valence-electron chi connectivity index (χ1n) is 12.5. The van der Waals surface area contributed by atoms with Crippen LogP contribution in [-0.2, 0) is 4.74 Å². The average molecular weight is 450 g/mol. The summed E-state index contributed by atoms with van der Waals surface area (Å²) < 4.78 is 6.03. The Balaban J connectivity index is 1.28. The summed E-state index contributed by atoms with van der Waals surface area (Å²) in [5.74, 6) is -0.0439. The summed E-state index contributed by atoms with van der Waals surface area (Å²) in [5, 5.41) is 36.3. The van der Waals surface area contributed by atoms with Crippen molar-refractivity contribution in [3.05, 3.63) is 48.0 Å². The SMILES string of the molecule is C=C1[C@H]2C[C@@H]3C4N5C[C@]6(C)C[C@H](OC(=O)c7ccccc7)C(O)C47[C@@H]6[C@@H]5CC3([C@@H]1O)[C@@]7(O)C2. The first kappa shape index (κ1) is 19.6. The lowest BCUT2D eigenvalue weighted by Crippen LogP contribution is -2.77. The molecule has 3 heterocycles. The van der Waals surface area contributed by atoms with E-state index in [1.54, 1.807) is 24.3 Å². The molecule has 174 valence electrons. The molecule has 6 nitrogen and oxygen atoms in total. The Labute approximate surface area is 193 Å². The summed E-state index contributed by atoms with van der Waals surface area (Å²) in [7, 11) is 0. The van der Waals surface area contributed by atoms with Crippen molar-refractivity contribution in [1.82, 2.24) is 4.90 Å². The Kier molecular flexibility index (Phi) is 3.20. The van der Waals surface area contributed by atoms with Gasteiger partial charge in [0.25, 0.3) is 0 Å². The van der Waals surface area contributed by atoms with E-state index in [9.17, 15) is 20.1 Å². The fourth-order valence-electron chi connectivity index (χ4n) is 11.3. The fourth-order valence-corrected chi connectivity index (χ4v) is 11.3. The van der Waals surface area contributed by atoms with E-state index in [0.717, 1.165) is 25.0 Å². The summed E-state index contributed by atoms with van der Waals surface area (Å²) in [5.41, 5.74) is -1.38. The predicted molar refractivity (Wildman–Crippen MR) is 118 cm³/mol. The van der Waals surface area contributed by atoms with Crippen LogP contribution in [-0.4, -0.2) is 68.7 Å². The minimum absolute atomic E-state index is 0.0281. The van der Waals surface area contributed by atoms with E-state index in [1.807, 2.05) is 6.07 Å². The molecule has 0 radical (unpaired) electrons. The van der Waals surface area contributed by atoms with E-state index in [-0.39, 0.29) is 35.3 Å². The van der Waals surface area contributed by atoms with Crippen molar-refractivity contribution < 1.29 is 24.9 Å². The molecule has 1 aromatic carbocycles. The molecule has 9 aliphatic rings. The van der Waals surface area contributed by atoms with Gasteiger partial charge in [-0.05, 0) is 66.6 Å². The van der Waals surface area contributed by atoms with Crippen molar-refractivity contribution in [2.75, 3.05) is 6.54 Å². The maximum Gasteiger partial charge on any atom is 0.338 e. The zero-order chi connectivity index (χ0) is 22.7. The van der Waals surface area contributed by atoms with Gasteiger partial charge in [0.1, 0.15) is 12.2 Å². The average Bonchev–Trinajstić information content (AvgIpc) is 3.20. The zero-order valence-corrected chi connectivity index (χ0v) is 18.9. The second kappa shape index (κ2) is 5.40. The van der Waals surface area contributed by atoms with E-state index in [1.165, 1.54) is 0 Å². The minimum atomic E-state index is -1.17. The molecule has 0 aromatic heterocycles. The van der Waals surface area contributed by atoms with Crippen molar-refractivity contribution in [3.63, 3.8) is 0 Å². The molecule has 6 aliphatic carbocycles. The lowest BCUT2D eigenvalue weighted by Gasteiger charge is -2.69. The number of aliphatic hydroxyl groups excluding tert-OH is 2. The Morgan fingerprint density at radius 2 is 1.94 bits per heavy atom. The molecular weight excluding hydrogens is 418 g/mol. The molecule has 33 heavy (non-hydrogen) atoms. The Hall–Kier alpha value is -1.73. The number of rotatable bonds is 2. The third kappa shape index (κ3) is 1.67. The highest BCUT2D eigenvalue weighted by Gasteiger charge is 2.95. The number of ether oxygens (including phenoxy) is 1. The summed E-state index contributed by atoms with van der Waals surface area (Å²) in [6.07, 6.45) is 0.522. The van der Waals surface area contributed by atoms with Crippen LogP contribution in [0.1, 0.15) is 43.0 Å². The predicted octanol–water partition coefficient (Wildman–Crippen LogP) is 1.74. The van der Waals surface area contributed by atoms with Crippen molar-refractivity contribution in [1.29, 1.82) is 0 Å². The molecule has 2 spiro atoms. The second-order valence-electron chi connectivity index (χ2n) is 12.5. The minimum Gasteiger partial charge on any atom is -0.456 e. The largest absolute Gasteiger partial charge is 0.456 e. The van der Waals surface area contributed by atoms with Gasteiger partial charge in [0.05, 0.1) is 22.7 Å². The van der Waals surface area contributed by atoms with Gasteiger partial charge in [-0.15, -0.1) is 0 Å². The van der Waals surface area contributed by atoms with E-state index in [2.05, 4.69) is 18.4 Å². The summed E-state index contributed by atoms with van der Waals surface area (Å²) in [6.45, 7) is 7.40. The number of hydrogen-bond donors (Lipinski definition) is 3. The molecule has 13 atom stereocenters. The zero-order valence-electron chi connectivity index (χ0n) is 18.9. The standard InChI is InChI=1S/C27H31NO5/c1-13-15-8-16-20-27-19-17(10-25(16,21(13)29)26(27,32)9-15)28(20)12-24(19,2)11-18(22(27)30)33-23(31)14-6-4-3-5-7-14/h3-7,15-22,29-30,32H,1,8-12H2,2H3/t15-,16+,17-,18-,19+,20?,21+,22?,24-,25?,26-,27?/m0/s1. The number of carbonyl (C=O) groups is 1. The normalized spacial score (nSPS) is 60.5. The monoisotopic (exact) mass is 449 g/mol. The lowest BCUT2D eigenvalue weighted by atomic mass is 9.37. The first-order chi connectivity index (χ1) is 15.7. The Morgan fingerprint density at radius 3 is 2.70 bits per heavy atom. The van der Waals surface area contributed by atoms with Crippen LogP contribution in [0, 0.1) is 34.0 Å². The van der Waals surface area contributed by atoms with E-state index >= 15 is 0 Å². The third-order valence-corrected chi connectivity index (χ3v) is 11.8. The molecular formula is C27H31NO5. The highest BCUT2D eigenvalue weighted by Crippen LogP contribution is 2.88. The van der Waals surface area contributed by atoms with Crippen molar-refractivity contribution in [2.24, 2.45) is 34.0 Å². The highest BCUT2D eigenvalue weighted by molar-refractivity contribution is 5.89. The smallest absolute Gasteiger partial charge is 0.338 e. The molecule has 6 saturated carbocycles. The number of benzene rings is 1. The maximum atomic E-state index is 13.0. The van der Waals surface area contributed by atoms with Crippen LogP contribution in [0.2, 0.25) is 0 Å². The third-order valence-electron chi connectivity index (χ3n) is 11.8. The quantitative estimate of drug-likeness (QED) is 0.471. The van der Waals surface area contributed by atoms with Crippen LogP contribution in [0.15, 0.2) is 42.5 Å². The number of piperidine rings is 2. The number of esters is 1. The van der Waals surface area contributed by atoms with E-state index < -0.39 is 40.7 Å². The molecule has 1 aromatic rings. The Bertz CT molecular complexity index is 1120. The van der Waals surface area contributed by atoms with Gasteiger partial charge >= 0.3 is 5.97 Å². The molecule has 3 aliphatic heterocycles. The van der Waals surface area contributed by atoms with Crippen molar-refractivity contribution in [3.8, 4) is 0 Å². The van der Waals surface area contributed by atoms with Crippen LogP contribution >= 0.6 is 0 Å². The summed E-state index contributed by atoms with van der Waals surface area (Å²) in [4.78, 5) is 15.6. The molecule has 5 unspecified atom stereocenters. The molecule has 3 saturated heterocycles. The maximum absolute atomic E-state index is 13.0. The molecule has 3 N–H and O–H groups in total. The topological polar surface area (TPSA) is 90.2 Å². The summed E-state index contributed by atoms with van der Waals surface area (Å²) >= 11 is 0. The van der Waals surface area contributed by atoms with Gasteiger partial charge in [-0.3, -0.25) is 4.90 Å². The Morgan fingerprint density at radius 1 is 1.18 bits per heavy atom. The molecule has 9 fully saturated rings. The van der Waals surface area contributed by atoms with Crippen LogP contribution in [0.3, 0.4) is 0 Å². The van der Waals surface area contributed by atoms with Gasteiger partial charge < -0.3 is 20.1 Å². The molecule has 0 amide bonds. The van der Waals surface area contributed by atoms with Crippen molar-refractivity contribution >= 4 is 5.97 Å². The number of nitrogens with zero attached hydrogens (tertiary/aromatic N) is 1. The van der Waals surface area contributed by atoms with E-state index in [0.29, 0.717) is 18.4 Å². The number of hydrogen-bond acceptors (Lipinski definition) is 6. The number of carbonyl (C=O) groups excluding carboxylic acids is 1. The lowest BCUT2D eigenvalue weighted by molar-refractivity contribution is -0.303. The summed E-state index contributed by atoms with van der Waals surface area (Å²) in [6, 6.07) is 9.22.